The van der Waals surface area contributed by atoms with Gasteiger partial charge in [0.25, 0.3) is 0 Å². The second-order valence-corrected chi connectivity index (χ2v) is 5.14. The van der Waals surface area contributed by atoms with E-state index < -0.39 is 5.97 Å². The highest BCUT2D eigenvalue weighted by Gasteiger charge is 2.22. The summed E-state index contributed by atoms with van der Waals surface area (Å²) >= 11 is 0. The van der Waals surface area contributed by atoms with E-state index in [1.807, 2.05) is 0 Å². The van der Waals surface area contributed by atoms with Crippen LogP contribution in [0.1, 0.15) is 17.3 Å². The molecule has 0 spiro atoms. The van der Waals surface area contributed by atoms with Gasteiger partial charge in [-0.2, -0.15) is 0 Å². The van der Waals surface area contributed by atoms with Crippen LogP contribution in [0.4, 0.5) is 5.69 Å². The molecule has 0 N–H and O–H groups in total. The molecule has 2 rings (SSSR count). The number of amides is 2. The zero-order chi connectivity index (χ0) is 16.8. The smallest absolute Gasteiger partial charge is 0.337 e. The summed E-state index contributed by atoms with van der Waals surface area (Å²) in [6.45, 7) is 3.46. The van der Waals surface area contributed by atoms with Gasteiger partial charge in [-0.3, -0.25) is 9.59 Å². The maximum absolute atomic E-state index is 12.3. The third-order valence-electron chi connectivity index (χ3n) is 3.64. The van der Waals surface area contributed by atoms with Gasteiger partial charge < -0.3 is 19.3 Å². The van der Waals surface area contributed by atoms with Gasteiger partial charge >= 0.3 is 5.97 Å². The quantitative estimate of drug-likeness (QED) is 0.763. The van der Waals surface area contributed by atoms with Crippen molar-refractivity contribution in [3.8, 4) is 0 Å². The molecule has 23 heavy (non-hydrogen) atoms. The van der Waals surface area contributed by atoms with Gasteiger partial charge in [0.1, 0.15) is 6.54 Å². The second-order valence-electron chi connectivity index (χ2n) is 5.14. The number of rotatable bonds is 4. The van der Waals surface area contributed by atoms with Crippen molar-refractivity contribution in [3.63, 3.8) is 0 Å². The molecule has 7 nitrogen and oxygen atoms in total. The minimum Gasteiger partial charge on any atom is -0.465 e. The predicted molar refractivity (Wildman–Crippen MR) is 83.2 cm³/mol. The first-order valence-corrected chi connectivity index (χ1v) is 7.35. The molecule has 1 fully saturated rings. The van der Waals surface area contributed by atoms with Crippen LogP contribution < -0.4 is 4.90 Å². The van der Waals surface area contributed by atoms with E-state index in [4.69, 9.17) is 4.74 Å². The van der Waals surface area contributed by atoms with E-state index in [2.05, 4.69) is 4.74 Å². The van der Waals surface area contributed by atoms with Gasteiger partial charge in [-0.15, -0.1) is 0 Å². The molecular formula is C16H20N2O5. The predicted octanol–water partition coefficient (Wildman–Crippen LogP) is 0.685. The van der Waals surface area contributed by atoms with Crippen molar-refractivity contribution in [1.29, 1.82) is 0 Å². The largest absolute Gasteiger partial charge is 0.465 e. The van der Waals surface area contributed by atoms with Gasteiger partial charge in [-0.25, -0.2) is 4.79 Å². The molecule has 0 aromatic heterocycles. The molecule has 2 amide bonds. The minimum atomic E-state index is -0.449. The number of hydrogen-bond acceptors (Lipinski definition) is 5. The van der Waals surface area contributed by atoms with E-state index in [0.29, 0.717) is 37.6 Å². The fraction of sp³-hybridized carbons (Fsp3) is 0.438. The molecule has 1 aliphatic rings. The Bertz CT molecular complexity index is 579. The van der Waals surface area contributed by atoms with Crippen molar-refractivity contribution in [2.75, 3.05) is 44.9 Å². The molecular weight excluding hydrogens is 300 g/mol. The molecule has 0 unspecified atom stereocenters. The number of hydrogen-bond donors (Lipinski definition) is 0. The first-order chi connectivity index (χ1) is 11.0. The Morgan fingerprint density at radius 1 is 1.17 bits per heavy atom. The molecule has 1 heterocycles. The molecule has 0 saturated carbocycles. The van der Waals surface area contributed by atoms with Crippen LogP contribution in [-0.4, -0.2) is 62.6 Å². The Balaban J connectivity index is 2.10. The Kier molecular flexibility index (Phi) is 5.70. The molecule has 0 radical (unpaired) electrons. The first kappa shape index (κ1) is 17.0. The Morgan fingerprint density at radius 2 is 1.78 bits per heavy atom. The summed E-state index contributed by atoms with van der Waals surface area (Å²) in [6, 6.07) is 6.38. The third-order valence-corrected chi connectivity index (χ3v) is 3.64. The standard InChI is InChI=1S/C16H20N2O5/c1-12(19)18(11-15(20)17-7-9-23-10-8-17)14-5-3-13(4-6-14)16(21)22-2/h3-6H,7-11H2,1-2H3. The van der Waals surface area contributed by atoms with Crippen LogP contribution >= 0.6 is 0 Å². The highest BCUT2D eigenvalue weighted by molar-refractivity contribution is 5.98. The number of morpholine rings is 1. The summed E-state index contributed by atoms with van der Waals surface area (Å²) in [4.78, 5) is 38.7. The summed E-state index contributed by atoms with van der Waals surface area (Å²) in [5, 5.41) is 0. The number of esters is 1. The average molecular weight is 320 g/mol. The van der Waals surface area contributed by atoms with E-state index in [0.717, 1.165) is 0 Å². The number of nitrogens with zero attached hydrogens (tertiary/aromatic N) is 2. The molecule has 0 atom stereocenters. The van der Waals surface area contributed by atoms with Gasteiger partial charge in [0.15, 0.2) is 0 Å². The van der Waals surface area contributed by atoms with Crippen LogP contribution in [0.2, 0.25) is 0 Å². The van der Waals surface area contributed by atoms with Crippen LogP contribution in [0.25, 0.3) is 0 Å². The summed E-state index contributed by atoms with van der Waals surface area (Å²) < 4.78 is 9.85. The van der Waals surface area contributed by atoms with Crippen LogP contribution in [-0.2, 0) is 19.1 Å². The minimum absolute atomic E-state index is 0.0348. The SMILES string of the molecule is COC(=O)c1ccc(N(CC(=O)N2CCOCC2)C(C)=O)cc1. The lowest BCUT2D eigenvalue weighted by Crippen LogP contribution is -2.46. The van der Waals surface area contributed by atoms with Crippen molar-refractivity contribution >= 4 is 23.5 Å². The molecule has 1 aromatic rings. The fourth-order valence-electron chi connectivity index (χ4n) is 2.33. The van der Waals surface area contributed by atoms with Crippen molar-refractivity contribution < 1.29 is 23.9 Å². The highest BCUT2D eigenvalue weighted by Crippen LogP contribution is 2.16. The lowest BCUT2D eigenvalue weighted by Gasteiger charge is -2.29. The number of carbonyl (C=O) groups is 3. The molecule has 0 aliphatic carbocycles. The van der Waals surface area contributed by atoms with E-state index in [9.17, 15) is 14.4 Å². The number of anilines is 1. The molecule has 0 bridgehead atoms. The summed E-state index contributed by atoms with van der Waals surface area (Å²) in [5.74, 6) is -0.812. The topological polar surface area (TPSA) is 76.2 Å². The normalized spacial score (nSPS) is 14.3. The fourth-order valence-corrected chi connectivity index (χ4v) is 2.33. The van der Waals surface area contributed by atoms with E-state index in [1.165, 1.54) is 18.9 Å². The van der Waals surface area contributed by atoms with Gasteiger partial charge in [0.2, 0.25) is 11.8 Å². The van der Waals surface area contributed by atoms with Crippen LogP contribution in [0, 0.1) is 0 Å². The van der Waals surface area contributed by atoms with Crippen molar-refractivity contribution in [1.82, 2.24) is 4.90 Å². The molecule has 1 aromatic carbocycles. The maximum Gasteiger partial charge on any atom is 0.337 e. The molecule has 1 aliphatic heterocycles. The molecule has 7 heteroatoms. The van der Waals surface area contributed by atoms with Crippen LogP contribution in [0.3, 0.4) is 0 Å². The van der Waals surface area contributed by atoms with Gasteiger partial charge in [0, 0.05) is 25.7 Å². The average Bonchev–Trinajstić information content (AvgIpc) is 2.59. The number of carbonyl (C=O) groups excluding carboxylic acids is 3. The molecule has 124 valence electrons. The number of methoxy groups -OCH3 is 1. The lowest BCUT2D eigenvalue weighted by molar-refractivity contribution is -0.134. The maximum atomic E-state index is 12.3. The number of benzene rings is 1. The number of ether oxygens (including phenoxy) is 2. The van der Waals surface area contributed by atoms with E-state index in [1.54, 1.807) is 29.2 Å². The van der Waals surface area contributed by atoms with Crippen molar-refractivity contribution in [2.24, 2.45) is 0 Å². The van der Waals surface area contributed by atoms with Gasteiger partial charge in [-0.1, -0.05) is 0 Å². The first-order valence-electron chi connectivity index (χ1n) is 7.35. The monoisotopic (exact) mass is 320 g/mol. The van der Waals surface area contributed by atoms with Crippen molar-refractivity contribution in [2.45, 2.75) is 6.92 Å². The van der Waals surface area contributed by atoms with E-state index >= 15 is 0 Å². The van der Waals surface area contributed by atoms with Crippen molar-refractivity contribution in [3.05, 3.63) is 29.8 Å². The zero-order valence-corrected chi connectivity index (χ0v) is 13.3. The zero-order valence-electron chi connectivity index (χ0n) is 13.3. The molecule has 1 saturated heterocycles. The summed E-state index contributed by atoms with van der Waals surface area (Å²) in [6.07, 6.45) is 0. The Hall–Kier alpha value is -2.41. The Morgan fingerprint density at radius 3 is 2.30 bits per heavy atom. The third kappa shape index (κ3) is 4.29. The lowest BCUT2D eigenvalue weighted by atomic mass is 10.2. The second kappa shape index (κ2) is 7.73. The van der Waals surface area contributed by atoms with Gasteiger partial charge in [-0.05, 0) is 24.3 Å². The summed E-state index contributed by atoms with van der Waals surface area (Å²) in [7, 11) is 1.30. The Labute approximate surface area is 134 Å². The van der Waals surface area contributed by atoms with Crippen LogP contribution in [0.5, 0.6) is 0 Å². The van der Waals surface area contributed by atoms with Gasteiger partial charge in [0.05, 0.1) is 25.9 Å². The highest BCUT2D eigenvalue weighted by atomic mass is 16.5. The van der Waals surface area contributed by atoms with Crippen LogP contribution in [0.15, 0.2) is 24.3 Å². The summed E-state index contributed by atoms with van der Waals surface area (Å²) in [5.41, 5.74) is 0.950. The van der Waals surface area contributed by atoms with E-state index in [-0.39, 0.29) is 18.4 Å².